The maximum atomic E-state index is 12.4. The average molecular weight is 312 g/mol. The van der Waals surface area contributed by atoms with Gasteiger partial charge in [-0.3, -0.25) is 4.79 Å². The Morgan fingerprint density at radius 3 is 3.13 bits per heavy atom. The van der Waals surface area contributed by atoms with Crippen molar-refractivity contribution in [3.8, 4) is 11.3 Å². The van der Waals surface area contributed by atoms with Crippen molar-refractivity contribution in [2.75, 3.05) is 20.1 Å². The summed E-state index contributed by atoms with van der Waals surface area (Å²) in [4.78, 5) is 22.3. The molecule has 1 fully saturated rings. The first-order valence-corrected chi connectivity index (χ1v) is 8.25. The molecule has 0 spiro atoms. The second-order valence-corrected chi connectivity index (χ2v) is 6.15. The van der Waals surface area contributed by atoms with Gasteiger partial charge in [0.1, 0.15) is 5.82 Å². The normalized spacial score (nSPS) is 17.7. The summed E-state index contributed by atoms with van der Waals surface area (Å²) in [5, 5.41) is 3.04. The number of nitrogens with one attached hydrogen (secondary N) is 2. The lowest BCUT2D eigenvalue weighted by Crippen LogP contribution is -2.32. The van der Waals surface area contributed by atoms with Crippen LogP contribution in [-0.2, 0) is 4.79 Å². The van der Waals surface area contributed by atoms with Crippen LogP contribution in [-0.4, -0.2) is 40.9 Å². The zero-order valence-corrected chi connectivity index (χ0v) is 13.8. The van der Waals surface area contributed by atoms with Gasteiger partial charge in [-0.1, -0.05) is 23.8 Å². The number of aromatic amines is 1. The van der Waals surface area contributed by atoms with Crippen molar-refractivity contribution in [3.63, 3.8) is 0 Å². The van der Waals surface area contributed by atoms with E-state index in [-0.39, 0.29) is 11.9 Å². The van der Waals surface area contributed by atoms with E-state index >= 15 is 0 Å². The van der Waals surface area contributed by atoms with Crippen molar-refractivity contribution in [1.82, 2.24) is 20.2 Å². The molecule has 2 aromatic rings. The number of hydrogen-bond donors (Lipinski definition) is 2. The Labute approximate surface area is 137 Å². The van der Waals surface area contributed by atoms with Crippen LogP contribution in [0.5, 0.6) is 0 Å². The molecule has 23 heavy (non-hydrogen) atoms. The Hall–Kier alpha value is -2.14. The number of hydrogen-bond acceptors (Lipinski definition) is 3. The summed E-state index contributed by atoms with van der Waals surface area (Å²) in [6, 6.07) is 8.43. The number of amides is 1. The van der Waals surface area contributed by atoms with Gasteiger partial charge in [0, 0.05) is 19.5 Å². The van der Waals surface area contributed by atoms with E-state index in [0.717, 1.165) is 43.0 Å². The van der Waals surface area contributed by atoms with E-state index in [1.165, 1.54) is 5.56 Å². The molecule has 1 amide bonds. The third-order valence-electron chi connectivity index (χ3n) is 4.40. The Morgan fingerprint density at radius 2 is 2.35 bits per heavy atom. The lowest BCUT2D eigenvalue weighted by Gasteiger charge is -2.23. The highest BCUT2D eigenvalue weighted by atomic mass is 16.2. The number of carbonyl (C=O) groups is 1. The number of imidazole rings is 1. The van der Waals surface area contributed by atoms with Crippen LogP contribution in [0.15, 0.2) is 30.5 Å². The van der Waals surface area contributed by atoms with Gasteiger partial charge in [-0.25, -0.2) is 4.98 Å². The standard InChI is InChI=1S/C18H24N4O/c1-13-5-3-6-14(11-13)15-12-20-18(21-15)16-7-4-10-22(16)17(23)8-9-19-2/h3,5-6,11-12,16,19H,4,7-10H2,1-2H3,(H,20,21). The second kappa shape index (κ2) is 6.96. The number of nitrogens with zero attached hydrogens (tertiary/aromatic N) is 2. The third-order valence-corrected chi connectivity index (χ3v) is 4.40. The molecule has 1 aliphatic heterocycles. The van der Waals surface area contributed by atoms with Gasteiger partial charge in [0.05, 0.1) is 17.9 Å². The number of H-pyrrole nitrogens is 1. The van der Waals surface area contributed by atoms with Crippen LogP contribution in [0.2, 0.25) is 0 Å². The molecule has 3 rings (SSSR count). The Bertz CT molecular complexity index is 679. The summed E-state index contributed by atoms with van der Waals surface area (Å²) >= 11 is 0. The van der Waals surface area contributed by atoms with Crippen molar-refractivity contribution in [1.29, 1.82) is 0 Å². The highest BCUT2D eigenvalue weighted by molar-refractivity contribution is 5.77. The van der Waals surface area contributed by atoms with Crippen LogP contribution in [0.4, 0.5) is 0 Å². The molecule has 1 aromatic carbocycles. The van der Waals surface area contributed by atoms with Crippen molar-refractivity contribution >= 4 is 5.91 Å². The molecule has 5 heteroatoms. The van der Waals surface area contributed by atoms with Gasteiger partial charge in [0.2, 0.25) is 5.91 Å². The van der Waals surface area contributed by atoms with Crippen LogP contribution in [0.1, 0.15) is 36.7 Å². The van der Waals surface area contributed by atoms with Crippen molar-refractivity contribution in [2.24, 2.45) is 0 Å². The van der Waals surface area contributed by atoms with Crippen molar-refractivity contribution in [2.45, 2.75) is 32.2 Å². The lowest BCUT2D eigenvalue weighted by molar-refractivity contribution is -0.132. The Morgan fingerprint density at radius 1 is 1.48 bits per heavy atom. The van der Waals surface area contributed by atoms with Crippen LogP contribution in [0.25, 0.3) is 11.3 Å². The first-order chi connectivity index (χ1) is 11.2. The number of carbonyl (C=O) groups excluding carboxylic acids is 1. The van der Waals surface area contributed by atoms with Gasteiger partial charge >= 0.3 is 0 Å². The van der Waals surface area contributed by atoms with E-state index in [1.54, 1.807) is 0 Å². The maximum absolute atomic E-state index is 12.4. The molecule has 2 heterocycles. The summed E-state index contributed by atoms with van der Waals surface area (Å²) in [7, 11) is 1.87. The Kier molecular flexibility index (Phi) is 4.76. The molecule has 5 nitrogen and oxygen atoms in total. The van der Waals surface area contributed by atoms with Gasteiger partial charge in [0.25, 0.3) is 0 Å². The molecule has 0 aliphatic carbocycles. The number of aryl methyl sites for hydroxylation is 1. The average Bonchev–Trinajstić information content (AvgIpc) is 3.21. The molecule has 0 saturated carbocycles. The third kappa shape index (κ3) is 3.45. The Balaban J connectivity index is 1.78. The van der Waals surface area contributed by atoms with E-state index in [0.29, 0.717) is 6.42 Å². The molecule has 1 aromatic heterocycles. The van der Waals surface area contributed by atoms with E-state index in [2.05, 4.69) is 40.4 Å². The fourth-order valence-corrected chi connectivity index (χ4v) is 3.19. The van der Waals surface area contributed by atoms with Crippen LogP contribution in [0.3, 0.4) is 0 Å². The lowest BCUT2D eigenvalue weighted by atomic mass is 10.1. The highest BCUT2D eigenvalue weighted by Crippen LogP contribution is 2.32. The number of benzene rings is 1. The second-order valence-electron chi connectivity index (χ2n) is 6.15. The zero-order valence-electron chi connectivity index (χ0n) is 13.8. The largest absolute Gasteiger partial charge is 0.340 e. The fraction of sp³-hybridized carbons (Fsp3) is 0.444. The number of rotatable bonds is 5. The quantitative estimate of drug-likeness (QED) is 0.892. The van der Waals surface area contributed by atoms with Gasteiger partial charge < -0.3 is 15.2 Å². The summed E-state index contributed by atoms with van der Waals surface area (Å²) in [6.45, 7) is 3.63. The van der Waals surface area contributed by atoms with E-state index in [4.69, 9.17) is 0 Å². The predicted molar refractivity (Wildman–Crippen MR) is 91.0 cm³/mol. The molecule has 1 aliphatic rings. The predicted octanol–water partition coefficient (Wildman–Crippen LogP) is 2.66. The zero-order chi connectivity index (χ0) is 16.2. The molecule has 1 atom stereocenters. The SMILES string of the molecule is CNCCC(=O)N1CCCC1c1ncc(-c2cccc(C)c2)[nH]1. The minimum Gasteiger partial charge on any atom is -0.340 e. The van der Waals surface area contributed by atoms with E-state index in [9.17, 15) is 4.79 Å². The molecule has 0 radical (unpaired) electrons. The van der Waals surface area contributed by atoms with Gasteiger partial charge in [-0.15, -0.1) is 0 Å². The van der Waals surface area contributed by atoms with E-state index in [1.807, 2.05) is 24.2 Å². The molecule has 2 N–H and O–H groups in total. The molecule has 0 bridgehead atoms. The van der Waals surface area contributed by atoms with Gasteiger partial charge in [0.15, 0.2) is 0 Å². The smallest absolute Gasteiger partial charge is 0.224 e. The molecule has 1 unspecified atom stereocenters. The van der Waals surface area contributed by atoms with Crippen LogP contribution >= 0.6 is 0 Å². The summed E-state index contributed by atoms with van der Waals surface area (Å²) < 4.78 is 0. The topological polar surface area (TPSA) is 61.0 Å². The summed E-state index contributed by atoms with van der Waals surface area (Å²) in [5.41, 5.74) is 3.37. The summed E-state index contributed by atoms with van der Waals surface area (Å²) in [6.07, 6.45) is 4.43. The maximum Gasteiger partial charge on any atom is 0.224 e. The highest BCUT2D eigenvalue weighted by Gasteiger charge is 2.31. The molecule has 1 saturated heterocycles. The number of aromatic nitrogens is 2. The first kappa shape index (κ1) is 15.7. The summed E-state index contributed by atoms with van der Waals surface area (Å²) in [5.74, 6) is 1.10. The van der Waals surface area contributed by atoms with Crippen LogP contribution < -0.4 is 5.32 Å². The van der Waals surface area contributed by atoms with Crippen molar-refractivity contribution < 1.29 is 4.79 Å². The van der Waals surface area contributed by atoms with Gasteiger partial charge in [-0.05, 0) is 38.4 Å². The van der Waals surface area contributed by atoms with Crippen molar-refractivity contribution in [3.05, 3.63) is 41.9 Å². The first-order valence-electron chi connectivity index (χ1n) is 8.25. The molecular weight excluding hydrogens is 288 g/mol. The monoisotopic (exact) mass is 312 g/mol. The molecule has 122 valence electrons. The minimum absolute atomic E-state index is 0.0814. The van der Waals surface area contributed by atoms with Crippen LogP contribution in [0, 0.1) is 6.92 Å². The molecular formula is C18H24N4O. The minimum atomic E-state index is 0.0814. The number of likely N-dealkylation sites (tertiary alicyclic amines) is 1. The van der Waals surface area contributed by atoms with Gasteiger partial charge in [-0.2, -0.15) is 0 Å². The van der Waals surface area contributed by atoms with E-state index < -0.39 is 0 Å². The fourth-order valence-electron chi connectivity index (χ4n) is 3.19.